The predicted octanol–water partition coefficient (Wildman–Crippen LogP) is 3.68. The molecule has 0 saturated heterocycles. The SMILES string of the molecule is CCOC(=O)c1c(C)nsc1Nc1ccc(C)cc1. The highest BCUT2D eigenvalue weighted by atomic mass is 32.1. The second kappa shape index (κ2) is 5.84. The molecule has 5 heteroatoms. The maximum atomic E-state index is 11.9. The van der Waals surface area contributed by atoms with E-state index in [4.69, 9.17) is 4.74 Å². The topological polar surface area (TPSA) is 51.2 Å². The predicted molar refractivity (Wildman–Crippen MR) is 77.3 cm³/mol. The van der Waals surface area contributed by atoms with Gasteiger partial charge < -0.3 is 10.1 Å². The largest absolute Gasteiger partial charge is 0.462 e. The van der Waals surface area contributed by atoms with Gasteiger partial charge in [0.15, 0.2) is 0 Å². The van der Waals surface area contributed by atoms with Crippen LogP contribution in [0.5, 0.6) is 0 Å². The molecule has 1 aromatic heterocycles. The molecule has 0 atom stereocenters. The van der Waals surface area contributed by atoms with Crippen molar-refractivity contribution in [1.29, 1.82) is 0 Å². The van der Waals surface area contributed by atoms with Gasteiger partial charge in [0.2, 0.25) is 0 Å². The van der Waals surface area contributed by atoms with Crippen LogP contribution in [0.3, 0.4) is 0 Å². The zero-order valence-corrected chi connectivity index (χ0v) is 12.0. The van der Waals surface area contributed by atoms with E-state index in [0.29, 0.717) is 17.9 Å². The smallest absolute Gasteiger partial charge is 0.343 e. The van der Waals surface area contributed by atoms with Crippen LogP contribution in [-0.4, -0.2) is 16.9 Å². The first-order chi connectivity index (χ1) is 9.11. The van der Waals surface area contributed by atoms with Gasteiger partial charge in [0, 0.05) is 5.69 Å². The minimum absolute atomic E-state index is 0.330. The van der Waals surface area contributed by atoms with Crippen molar-refractivity contribution in [1.82, 2.24) is 4.37 Å². The summed E-state index contributed by atoms with van der Waals surface area (Å²) in [6, 6.07) is 7.97. The van der Waals surface area contributed by atoms with Crippen LogP contribution in [-0.2, 0) is 4.74 Å². The highest BCUT2D eigenvalue weighted by molar-refractivity contribution is 7.10. The summed E-state index contributed by atoms with van der Waals surface area (Å²) < 4.78 is 9.26. The minimum Gasteiger partial charge on any atom is -0.462 e. The van der Waals surface area contributed by atoms with E-state index in [2.05, 4.69) is 9.69 Å². The molecular formula is C14H16N2O2S. The van der Waals surface area contributed by atoms with Crippen molar-refractivity contribution in [2.75, 3.05) is 11.9 Å². The molecule has 0 radical (unpaired) electrons. The standard InChI is InChI=1S/C14H16N2O2S/c1-4-18-14(17)12-10(3)16-19-13(12)15-11-7-5-9(2)6-8-11/h5-8,15H,4H2,1-3H3. The second-order valence-corrected chi connectivity index (χ2v) is 4.96. The van der Waals surface area contributed by atoms with Crippen LogP contribution in [0.15, 0.2) is 24.3 Å². The van der Waals surface area contributed by atoms with Crippen molar-refractivity contribution in [2.45, 2.75) is 20.8 Å². The summed E-state index contributed by atoms with van der Waals surface area (Å²) in [5, 5.41) is 3.94. The number of benzene rings is 1. The Hall–Kier alpha value is -1.88. The lowest BCUT2D eigenvalue weighted by molar-refractivity contribution is 0.0527. The molecule has 0 unspecified atom stereocenters. The van der Waals surface area contributed by atoms with Crippen LogP contribution in [0.2, 0.25) is 0 Å². The number of aromatic nitrogens is 1. The Morgan fingerprint density at radius 3 is 2.63 bits per heavy atom. The van der Waals surface area contributed by atoms with Crippen molar-refractivity contribution < 1.29 is 9.53 Å². The number of esters is 1. The molecule has 0 fully saturated rings. The quantitative estimate of drug-likeness (QED) is 0.865. The number of hydrogen-bond donors (Lipinski definition) is 1. The van der Waals surface area contributed by atoms with Gasteiger partial charge in [-0.1, -0.05) is 17.7 Å². The maximum Gasteiger partial charge on any atom is 0.343 e. The van der Waals surface area contributed by atoms with Crippen LogP contribution in [0, 0.1) is 13.8 Å². The monoisotopic (exact) mass is 276 g/mol. The first-order valence-corrected chi connectivity index (χ1v) is 6.86. The molecule has 2 aromatic rings. The lowest BCUT2D eigenvalue weighted by Crippen LogP contribution is -2.07. The van der Waals surface area contributed by atoms with E-state index in [1.165, 1.54) is 17.1 Å². The third kappa shape index (κ3) is 3.12. The third-order valence-electron chi connectivity index (χ3n) is 2.65. The summed E-state index contributed by atoms with van der Waals surface area (Å²) >= 11 is 1.27. The number of nitrogens with zero attached hydrogens (tertiary/aromatic N) is 1. The van der Waals surface area contributed by atoms with Crippen LogP contribution < -0.4 is 5.32 Å². The molecule has 1 heterocycles. The molecule has 2 rings (SSSR count). The Kier molecular flexibility index (Phi) is 4.16. The average Bonchev–Trinajstić information content (AvgIpc) is 2.74. The van der Waals surface area contributed by atoms with Crippen molar-refractivity contribution in [3.8, 4) is 0 Å². The van der Waals surface area contributed by atoms with Crippen LogP contribution in [0.4, 0.5) is 10.7 Å². The highest BCUT2D eigenvalue weighted by Crippen LogP contribution is 2.28. The molecule has 0 amide bonds. The van der Waals surface area contributed by atoms with Gasteiger partial charge >= 0.3 is 5.97 Å². The van der Waals surface area contributed by atoms with Gasteiger partial charge in [-0.15, -0.1) is 0 Å². The Morgan fingerprint density at radius 2 is 2.00 bits per heavy atom. The summed E-state index contributed by atoms with van der Waals surface area (Å²) in [7, 11) is 0. The molecule has 0 aliphatic carbocycles. The Balaban J connectivity index is 2.25. The average molecular weight is 276 g/mol. The molecule has 0 saturated carbocycles. The number of carbonyl (C=O) groups is 1. The molecule has 1 N–H and O–H groups in total. The number of hydrogen-bond acceptors (Lipinski definition) is 5. The Labute approximate surface area is 116 Å². The van der Waals surface area contributed by atoms with Crippen LogP contribution in [0.1, 0.15) is 28.5 Å². The molecule has 19 heavy (non-hydrogen) atoms. The van der Waals surface area contributed by atoms with E-state index < -0.39 is 0 Å². The van der Waals surface area contributed by atoms with Gasteiger partial charge in [-0.05, 0) is 44.4 Å². The van der Waals surface area contributed by atoms with E-state index in [9.17, 15) is 4.79 Å². The van der Waals surface area contributed by atoms with E-state index in [-0.39, 0.29) is 5.97 Å². The number of carbonyl (C=O) groups excluding carboxylic acids is 1. The van der Waals surface area contributed by atoms with Crippen molar-refractivity contribution >= 4 is 28.2 Å². The fourth-order valence-electron chi connectivity index (χ4n) is 1.67. The number of aryl methyl sites for hydroxylation is 2. The van der Waals surface area contributed by atoms with Crippen LogP contribution in [0.25, 0.3) is 0 Å². The normalized spacial score (nSPS) is 10.3. The number of nitrogens with one attached hydrogen (secondary N) is 1. The lowest BCUT2D eigenvalue weighted by atomic mass is 10.2. The van der Waals surface area contributed by atoms with Crippen molar-refractivity contribution in [2.24, 2.45) is 0 Å². The fraction of sp³-hybridized carbons (Fsp3) is 0.286. The summed E-state index contributed by atoms with van der Waals surface area (Å²) in [5.41, 5.74) is 3.34. The van der Waals surface area contributed by atoms with Gasteiger partial charge in [0.1, 0.15) is 10.6 Å². The van der Waals surface area contributed by atoms with Crippen molar-refractivity contribution in [3.63, 3.8) is 0 Å². The Morgan fingerprint density at radius 1 is 1.32 bits per heavy atom. The van der Waals surface area contributed by atoms with Gasteiger partial charge in [0.25, 0.3) is 0 Å². The molecule has 1 aromatic carbocycles. The lowest BCUT2D eigenvalue weighted by Gasteiger charge is -2.07. The summed E-state index contributed by atoms with van der Waals surface area (Å²) in [4.78, 5) is 11.9. The van der Waals surface area contributed by atoms with Gasteiger partial charge in [0.05, 0.1) is 12.3 Å². The molecule has 0 aliphatic rings. The fourth-order valence-corrected chi connectivity index (χ4v) is 2.47. The van der Waals surface area contributed by atoms with E-state index in [1.807, 2.05) is 38.1 Å². The van der Waals surface area contributed by atoms with E-state index in [1.54, 1.807) is 6.92 Å². The molecule has 0 spiro atoms. The number of ether oxygens (including phenoxy) is 1. The van der Waals surface area contributed by atoms with Crippen LogP contribution >= 0.6 is 11.5 Å². The summed E-state index contributed by atoms with van der Waals surface area (Å²) in [6.45, 7) is 5.99. The molecule has 0 bridgehead atoms. The summed E-state index contributed by atoms with van der Waals surface area (Å²) in [6.07, 6.45) is 0. The maximum absolute atomic E-state index is 11.9. The van der Waals surface area contributed by atoms with E-state index in [0.717, 1.165) is 10.7 Å². The highest BCUT2D eigenvalue weighted by Gasteiger charge is 2.19. The molecule has 4 nitrogen and oxygen atoms in total. The molecule has 100 valence electrons. The zero-order valence-electron chi connectivity index (χ0n) is 11.2. The summed E-state index contributed by atoms with van der Waals surface area (Å²) in [5.74, 6) is -0.330. The van der Waals surface area contributed by atoms with Gasteiger partial charge in [-0.2, -0.15) is 4.37 Å². The van der Waals surface area contributed by atoms with Gasteiger partial charge in [-0.3, -0.25) is 0 Å². The van der Waals surface area contributed by atoms with E-state index >= 15 is 0 Å². The molecule has 0 aliphatic heterocycles. The number of anilines is 2. The first-order valence-electron chi connectivity index (χ1n) is 6.09. The minimum atomic E-state index is -0.330. The van der Waals surface area contributed by atoms with Crippen molar-refractivity contribution in [3.05, 3.63) is 41.1 Å². The third-order valence-corrected chi connectivity index (χ3v) is 3.51. The second-order valence-electron chi connectivity index (χ2n) is 4.18. The first kappa shape index (κ1) is 13.5. The van der Waals surface area contributed by atoms with Gasteiger partial charge in [-0.25, -0.2) is 4.79 Å². The molecular weight excluding hydrogens is 260 g/mol. The zero-order chi connectivity index (χ0) is 13.8. The number of rotatable bonds is 4. The Bertz CT molecular complexity index is 576.